The summed E-state index contributed by atoms with van der Waals surface area (Å²) in [6, 6.07) is 17.9. The molecule has 23 heavy (non-hydrogen) atoms. The monoisotopic (exact) mass is 348 g/mol. The van der Waals surface area contributed by atoms with Crippen LogP contribution in [0.1, 0.15) is 18.5 Å². The molecule has 1 amide bonds. The molecule has 0 fully saturated rings. The van der Waals surface area contributed by atoms with Crippen LogP contribution in [0.4, 0.5) is 0 Å². The summed E-state index contributed by atoms with van der Waals surface area (Å²) in [6.45, 7) is 2.93. The Morgan fingerprint density at radius 2 is 1.83 bits per heavy atom. The topological polar surface area (TPSA) is 41.1 Å². The maximum Gasteiger partial charge on any atom is 0.234 e. The molecule has 0 heterocycles. The third-order valence-electron chi connectivity index (χ3n) is 3.38. The third kappa shape index (κ3) is 6.26. The van der Waals surface area contributed by atoms with Crippen LogP contribution in [0.5, 0.6) is 0 Å². The van der Waals surface area contributed by atoms with Crippen molar-refractivity contribution in [3.8, 4) is 0 Å². The highest BCUT2D eigenvalue weighted by Gasteiger charge is 2.10. The second-order valence-electron chi connectivity index (χ2n) is 5.14. The average Bonchev–Trinajstić information content (AvgIpc) is 2.58. The molecule has 0 aliphatic carbocycles. The number of hydrogen-bond donors (Lipinski definition) is 2. The average molecular weight is 349 g/mol. The van der Waals surface area contributed by atoms with Crippen LogP contribution in [0, 0.1) is 0 Å². The van der Waals surface area contributed by atoms with Crippen molar-refractivity contribution < 1.29 is 4.79 Å². The lowest BCUT2D eigenvalue weighted by Crippen LogP contribution is -2.36. The van der Waals surface area contributed by atoms with Gasteiger partial charge < -0.3 is 10.6 Å². The maximum atomic E-state index is 11.9. The van der Waals surface area contributed by atoms with E-state index >= 15 is 0 Å². The van der Waals surface area contributed by atoms with Crippen molar-refractivity contribution in [1.82, 2.24) is 10.6 Å². The molecule has 3 nitrogen and oxygen atoms in total. The smallest absolute Gasteiger partial charge is 0.234 e. The molecule has 0 unspecified atom stereocenters. The fourth-order valence-electron chi connectivity index (χ4n) is 2.12. The van der Waals surface area contributed by atoms with Gasteiger partial charge in [0, 0.05) is 28.3 Å². The normalized spacial score (nSPS) is 11.9. The Bertz CT molecular complexity index is 621. The van der Waals surface area contributed by atoms with E-state index in [-0.39, 0.29) is 18.5 Å². The molecule has 0 saturated heterocycles. The Morgan fingerprint density at radius 1 is 1.13 bits per heavy atom. The fourth-order valence-corrected chi connectivity index (χ4v) is 3.21. The van der Waals surface area contributed by atoms with Crippen molar-refractivity contribution >= 4 is 29.3 Å². The minimum absolute atomic E-state index is 0.00225. The molecule has 5 heteroatoms. The van der Waals surface area contributed by atoms with E-state index < -0.39 is 0 Å². The van der Waals surface area contributed by atoms with Crippen LogP contribution in [0.15, 0.2) is 59.5 Å². The Kier molecular flexibility index (Phi) is 7.46. The zero-order valence-electron chi connectivity index (χ0n) is 13.1. The molecular formula is C18H21ClN2OS. The summed E-state index contributed by atoms with van der Waals surface area (Å²) >= 11 is 7.88. The molecule has 122 valence electrons. The van der Waals surface area contributed by atoms with E-state index in [0.29, 0.717) is 11.6 Å². The van der Waals surface area contributed by atoms with Gasteiger partial charge >= 0.3 is 0 Å². The molecule has 2 aromatic carbocycles. The van der Waals surface area contributed by atoms with Gasteiger partial charge in [0.1, 0.15) is 0 Å². The van der Waals surface area contributed by atoms with Gasteiger partial charge in [0.2, 0.25) is 5.91 Å². The maximum absolute atomic E-state index is 11.9. The SMILES string of the molecule is C[C@@H](NCC(=O)NCCSc1ccccc1)c1ccccc1Cl. The molecule has 0 aromatic heterocycles. The highest BCUT2D eigenvalue weighted by atomic mass is 35.5. The molecule has 2 aromatic rings. The summed E-state index contributed by atoms with van der Waals surface area (Å²) < 4.78 is 0. The summed E-state index contributed by atoms with van der Waals surface area (Å²) in [7, 11) is 0. The molecule has 0 spiro atoms. The fraction of sp³-hybridized carbons (Fsp3) is 0.278. The van der Waals surface area contributed by atoms with E-state index in [4.69, 9.17) is 11.6 Å². The Balaban J connectivity index is 1.64. The van der Waals surface area contributed by atoms with Gasteiger partial charge in [-0.15, -0.1) is 11.8 Å². The first-order valence-corrected chi connectivity index (χ1v) is 8.95. The largest absolute Gasteiger partial charge is 0.354 e. The summed E-state index contributed by atoms with van der Waals surface area (Å²) in [5, 5.41) is 6.83. The van der Waals surface area contributed by atoms with Crippen LogP contribution in [0.2, 0.25) is 5.02 Å². The van der Waals surface area contributed by atoms with Crippen molar-refractivity contribution in [2.75, 3.05) is 18.8 Å². The highest BCUT2D eigenvalue weighted by molar-refractivity contribution is 7.99. The number of halogens is 1. The predicted octanol–water partition coefficient (Wildman–Crippen LogP) is 3.90. The van der Waals surface area contributed by atoms with Gasteiger partial charge in [-0.25, -0.2) is 0 Å². The quantitative estimate of drug-likeness (QED) is 0.561. The molecule has 0 aliphatic heterocycles. The van der Waals surface area contributed by atoms with Crippen molar-refractivity contribution in [3.05, 3.63) is 65.2 Å². The molecule has 0 aliphatic rings. The standard InChI is InChI=1S/C18H21ClN2OS/c1-14(16-9-5-6-10-17(16)19)21-13-18(22)20-11-12-23-15-7-3-2-4-8-15/h2-10,14,21H,11-13H2,1H3,(H,20,22)/t14-/m1/s1. The van der Waals surface area contributed by atoms with Crippen molar-refractivity contribution in [2.24, 2.45) is 0 Å². The summed E-state index contributed by atoms with van der Waals surface area (Å²) in [5.41, 5.74) is 1.00. The second kappa shape index (κ2) is 9.60. The summed E-state index contributed by atoms with van der Waals surface area (Å²) in [4.78, 5) is 13.1. The van der Waals surface area contributed by atoms with Crippen LogP contribution in [0.25, 0.3) is 0 Å². The first-order chi connectivity index (χ1) is 11.2. The predicted molar refractivity (Wildman–Crippen MR) is 98.0 cm³/mol. The number of nitrogens with one attached hydrogen (secondary N) is 2. The summed E-state index contributed by atoms with van der Waals surface area (Å²) in [5.74, 6) is 0.855. The first-order valence-electron chi connectivity index (χ1n) is 7.59. The number of benzene rings is 2. The van der Waals surface area contributed by atoms with E-state index in [1.807, 2.05) is 49.4 Å². The van der Waals surface area contributed by atoms with Gasteiger partial charge in [0.15, 0.2) is 0 Å². The van der Waals surface area contributed by atoms with Crippen LogP contribution in [-0.4, -0.2) is 24.7 Å². The van der Waals surface area contributed by atoms with E-state index in [2.05, 4.69) is 22.8 Å². The molecule has 0 saturated carbocycles. The van der Waals surface area contributed by atoms with Crippen LogP contribution in [0.3, 0.4) is 0 Å². The third-order valence-corrected chi connectivity index (χ3v) is 4.73. The zero-order valence-corrected chi connectivity index (χ0v) is 14.7. The lowest BCUT2D eigenvalue weighted by atomic mass is 10.1. The van der Waals surface area contributed by atoms with Crippen LogP contribution >= 0.6 is 23.4 Å². The molecule has 0 bridgehead atoms. The molecule has 0 radical (unpaired) electrons. The van der Waals surface area contributed by atoms with E-state index in [1.165, 1.54) is 4.90 Å². The molecule has 1 atom stereocenters. The van der Waals surface area contributed by atoms with Crippen molar-refractivity contribution in [2.45, 2.75) is 17.9 Å². The Labute approximate surface area is 146 Å². The van der Waals surface area contributed by atoms with Gasteiger partial charge in [-0.05, 0) is 30.7 Å². The minimum atomic E-state index is -0.00225. The molecule has 2 rings (SSSR count). The van der Waals surface area contributed by atoms with Gasteiger partial charge in [-0.2, -0.15) is 0 Å². The van der Waals surface area contributed by atoms with Gasteiger partial charge in [-0.1, -0.05) is 48.0 Å². The highest BCUT2D eigenvalue weighted by Crippen LogP contribution is 2.21. The number of amides is 1. The number of carbonyl (C=O) groups is 1. The number of rotatable bonds is 8. The number of thioether (sulfide) groups is 1. The van der Waals surface area contributed by atoms with E-state index in [0.717, 1.165) is 11.3 Å². The van der Waals surface area contributed by atoms with E-state index in [9.17, 15) is 4.79 Å². The van der Waals surface area contributed by atoms with Crippen LogP contribution in [-0.2, 0) is 4.79 Å². The first kappa shape index (κ1) is 17.9. The van der Waals surface area contributed by atoms with E-state index in [1.54, 1.807) is 11.8 Å². The van der Waals surface area contributed by atoms with Gasteiger partial charge in [0.05, 0.1) is 6.54 Å². The van der Waals surface area contributed by atoms with Crippen molar-refractivity contribution in [3.63, 3.8) is 0 Å². The van der Waals surface area contributed by atoms with Gasteiger partial charge in [-0.3, -0.25) is 4.79 Å². The van der Waals surface area contributed by atoms with Gasteiger partial charge in [0.25, 0.3) is 0 Å². The summed E-state index contributed by atoms with van der Waals surface area (Å²) in [6.07, 6.45) is 0. The number of carbonyl (C=O) groups excluding carboxylic acids is 1. The zero-order chi connectivity index (χ0) is 16.5. The lowest BCUT2D eigenvalue weighted by molar-refractivity contribution is -0.120. The molecular weight excluding hydrogens is 328 g/mol. The Hall–Kier alpha value is -1.49. The number of hydrogen-bond acceptors (Lipinski definition) is 3. The second-order valence-corrected chi connectivity index (χ2v) is 6.71. The van der Waals surface area contributed by atoms with Crippen molar-refractivity contribution in [1.29, 1.82) is 0 Å². The Morgan fingerprint density at radius 3 is 2.57 bits per heavy atom. The van der Waals surface area contributed by atoms with Crippen LogP contribution < -0.4 is 10.6 Å². The molecule has 2 N–H and O–H groups in total. The minimum Gasteiger partial charge on any atom is -0.354 e. The lowest BCUT2D eigenvalue weighted by Gasteiger charge is -2.15.